The van der Waals surface area contributed by atoms with Crippen molar-refractivity contribution in [3.8, 4) is 0 Å². The van der Waals surface area contributed by atoms with Crippen molar-refractivity contribution in [2.45, 2.75) is 13.1 Å². The third-order valence-corrected chi connectivity index (χ3v) is 4.41. The largest absolute Gasteiger partial charge is 0.350 e. The number of hydrogen-bond acceptors (Lipinski definition) is 3. The molecule has 0 bridgehead atoms. The summed E-state index contributed by atoms with van der Waals surface area (Å²) in [6.45, 7) is 0.238. The lowest BCUT2D eigenvalue weighted by atomic mass is 10.2. The molecule has 7 heteroatoms. The SMILES string of the molecule is O=C(Cn1c(=O)c2cccn2c2cccnc21)NCc1cccc(Cl)c1. The molecule has 0 atom stereocenters. The lowest BCUT2D eigenvalue weighted by molar-refractivity contribution is -0.121. The van der Waals surface area contributed by atoms with E-state index in [9.17, 15) is 9.59 Å². The Bertz CT molecular complexity index is 1180. The van der Waals surface area contributed by atoms with Gasteiger partial charge in [0, 0.05) is 24.0 Å². The monoisotopic (exact) mass is 366 g/mol. The zero-order chi connectivity index (χ0) is 18.1. The van der Waals surface area contributed by atoms with E-state index in [1.807, 2.05) is 24.4 Å². The van der Waals surface area contributed by atoms with E-state index >= 15 is 0 Å². The van der Waals surface area contributed by atoms with Crippen LogP contribution in [0.4, 0.5) is 0 Å². The molecule has 1 aromatic carbocycles. The van der Waals surface area contributed by atoms with Crippen LogP contribution in [0.1, 0.15) is 5.56 Å². The Balaban J connectivity index is 1.64. The predicted octanol–water partition coefficient (Wildman–Crippen LogP) is 2.62. The Morgan fingerprint density at radius 2 is 1.96 bits per heavy atom. The average molecular weight is 367 g/mol. The molecule has 0 aliphatic carbocycles. The van der Waals surface area contributed by atoms with Crippen LogP contribution in [-0.2, 0) is 17.9 Å². The lowest BCUT2D eigenvalue weighted by Gasteiger charge is -2.12. The van der Waals surface area contributed by atoms with Crippen LogP contribution >= 0.6 is 11.6 Å². The number of hydrogen-bond donors (Lipinski definition) is 1. The molecule has 0 saturated heterocycles. The van der Waals surface area contributed by atoms with E-state index in [4.69, 9.17) is 11.6 Å². The number of fused-ring (bicyclic) bond motifs is 3. The first kappa shape index (κ1) is 16.4. The Kier molecular flexibility index (Phi) is 4.18. The van der Waals surface area contributed by atoms with E-state index < -0.39 is 0 Å². The van der Waals surface area contributed by atoms with Crippen LogP contribution in [0.15, 0.2) is 65.7 Å². The quantitative estimate of drug-likeness (QED) is 0.603. The minimum Gasteiger partial charge on any atom is -0.350 e. The highest BCUT2D eigenvalue weighted by molar-refractivity contribution is 6.30. The minimum absolute atomic E-state index is 0.103. The first-order chi connectivity index (χ1) is 12.6. The summed E-state index contributed by atoms with van der Waals surface area (Å²) in [6.07, 6.45) is 3.42. The van der Waals surface area contributed by atoms with Gasteiger partial charge in [0.1, 0.15) is 12.1 Å². The summed E-state index contributed by atoms with van der Waals surface area (Å²) >= 11 is 5.95. The molecule has 3 aromatic heterocycles. The van der Waals surface area contributed by atoms with Gasteiger partial charge in [-0.2, -0.15) is 0 Å². The molecule has 4 rings (SSSR count). The fourth-order valence-corrected chi connectivity index (χ4v) is 3.19. The topological polar surface area (TPSA) is 68.4 Å². The van der Waals surface area contributed by atoms with E-state index in [2.05, 4.69) is 10.3 Å². The van der Waals surface area contributed by atoms with Crippen LogP contribution in [0.2, 0.25) is 5.02 Å². The van der Waals surface area contributed by atoms with Crippen molar-refractivity contribution in [1.29, 1.82) is 0 Å². The number of benzene rings is 1. The van der Waals surface area contributed by atoms with Gasteiger partial charge in [-0.15, -0.1) is 0 Å². The normalized spacial score (nSPS) is 11.1. The molecule has 0 spiro atoms. The zero-order valence-corrected chi connectivity index (χ0v) is 14.5. The first-order valence-corrected chi connectivity index (χ1v) is 8.47. The second-order valence-corrected chi connectivity index (χ2v) is 6.34. The summed E-state index contributed by atoms with van der Waals surface area (Å²) < 4.78 is 3.18. The number of carbonyl (C=O) groups is 1. The zero-order valence-electron chi connectivity index (χ0n) is 13.7. The molecule has 0 radical (unpaired) electrons. The molecule has 0 aliphatic heterocycles. The number of nitrogens with zero attached hydrogens (tertiary/aromatic N) is 3. The smallest absolute Gasteiger partial charge is 0.276 e. The van der Waals surface area contributed by atoms with Gasteiger partial charge in [0.15, 0.2) is 5.65 Å². The first-order valence-electron chi connectivity index (χ1n) is 8.09. The summed E-state index contributed by atoms with van der Waals surface area (Å²) in [5.41, 5.74) is 2.39. The molecule has 6 nitrogen and oxygen atoms in total. The number of aromatic nitrogens is 3. The Labute approximate surface area is 153 Å². The summed E-state index contributed by atoms with van der Waals surface area (Å²) in [5.74, 6) is -0.269. The number of rotatable bonds is 4. The molecule has 3 heterocycles. The highest BCUT2D eigenvalue weighted by Gasteiger charge is 2.13. The highest BCUT2D eigenvalue weighted by atomic mass is 35.5. The maximum atomic E-state index is 12.8. The molecule has 0 unspecified atom stereocenters. The van der Waals surface area contributed by atoms with Crippen molar-refractivity contribution in [3.05, 3.63) is 81.9 Å². The number of carbonyl (C=O) groups excluding carboxylic acids is 1. The maximum absolute atomic E-state index is 12.8. The van der Waals surface area contributed by atoms with Crippen LogP contribution < -0.4 is 10.9 Å². The highest BCUT2D eigenvalue weighted by Crippen LogP contribution is 2.13. The van der Waals surface area contributed by atoms with Crippen molar-refractivity contribution in [3.63, 3.8) is 0 Å². The third kappa shape index (κ3) is 2.95. The van der Waals surface area contributed by atoms with E-state index in [-0.39, 0.29) is 18.0 Å². The van der Waals surface area contributed by atoms with Gasteiger partial charge in [0.25, 0.3) is 5.56 Å². The van der Waals surface area contributed by atoms with E-state index in [0.29, 0.717) is 22.7 Å². The van der Waals surface area contributed by atoms with Gasteiger partial charge in [-0.25, -0.2) is 4.98 Å². The van der Waals surface area contributed by atoms with Crippen molar-refractivity contribution in [1.82, 2.24) is 19.3 Å². The second kappa shape index (κ2) is 6.65. The van der Waals surface area contributed by atoms with Crippen LogP contribution in [0, 0.1) is 0 Å². The molecule has 1 N–H and O–H groups in total. The van der Waals surface area contributed by atoms with Crippen molar-refractivity contribution < 1.29 is 4.79 Å². The fourth-order valence-electron chi connectivity index (χ4n) is 2.98. The number of pyridine rings is 1. The predicted molar refractivity (Wildman–Crippen MR) is 100 cm³/mol. The van der Waals surface area contributed by atoms with Crippen LogP contribution in [0.25, 0.3) is 16.7 Å². The molecule has 26 heavy (non-hydrogen) atoms. The van der Waals surface area contributed by atoms with Crippen molar-refractivity contribution in [2.24, 2.45) is 0 Å². The summed E-state index contributed by atoms with van der Waals surface area (Å²) in [7, 11) is 0. The number of amides is 1. The van der Waals surface area contributed by atoms with Gasteiger partial charge in [0.05, 0.1) is 5.52 Å². The minimum atomic E-state index is -0.269. The molecular weight excluding hydrogens is 352 g/mol. The molecule has 130 valence electrons. The third-order valence-electron chi connectivity index (χ3n) is 4.17. The van der Waals surface area contributed by atoms with Gasteiger partial charge in [-0.05, 0) is 42.0 Å². The molecule has 0 saturated carbocycles. The van der Waals surface area contributed by atoms with Crippen molar-refractivity contribution >= 4 is 34.2 Å². The average Bonchev–Trinajstić information content (AvgIpc) is 3.14. The van der Waals surface area contributed by atoms with Crippen LogP contribution in [-0.4, -0.2) is 19.9 Å². The maximum Gasteiger partial charge on any atom is 0.276 e. The van der Waals surface area contributed by atoms with Gasteiger partial charge < -0.3 is 9.72 Å². The van der Waals surface area contributed by atoms with E-state index in [1.165, 1.54) is 4.57 Å². The molecule has 0 fully saturated rings. The lowest BCUT2D eigenvalue weighted by Crippen LogP contribution is -2.33. The second-order valence-electron chi connectivity index (χ2n) is 5.91. The van der Waals surface area contributed by atoms with Gasteiger partial charge >= 0.3 is 0 Å². The summed E-state index contributed by atoms with van der Waals surface area (Å²) in [6, 6.07) is 14.5. The molecule has 0 aliphatic rings. The van der Waals surface area contributed by atoms with Crippen LogP contribution in [0.5, 0.6) is 0 Å². The van der Waals surface area contributed by atoms with Gasteiger partial charge in [0.2, 0.25) is 5.91 Å². The summed E-state index contributed by atoms with van der Waals surface area (Å²) in [4.78, 5) is 29.5. The Hall–Kier alpha value is -3.12. The molecule has 4 aromatic rings. The van der Waals surface area contributed by atoms with E-state index in [1.54, 1.807) is 40.9 Å². The number of halogens is 1. The van der Waals surface area contributed by atoms with Crippen LogP contribution in [0.3, 0.4) is 0 Å². The van der Waals surface area contributed by atoms with Gasteiger partial charge in [-0.1, -0.05) is 23.7 Å². The number of nitrogens with one attached hydrogen (secondary N) is 1. The summed E-state index contributed by atoms with van der Waals surface area (Å²) in [5, 5.41) is 3.43. The molecular formula is C19H15ClN4O2. The van der Waals surface area contributed by atoms with Gasteiger partial charge in [-0.3, -0.25) is 14.2 Å². The Morgan fingerprint density at radius 3 is 2.81 bits per heavy atom. The van der Waals surface area contributed by atoms with E-state index in [0.717, 1.165) is 11.1 Å². The van der Waals surface area contributed by atoms with Crippen molar-refractivity contribution in [2.75, 3.05) is 0 Å². The Morgan fingerprint density at radius 1 is 1.12 bits per heavy atom. The molecule has 1 amide bonds. The fraction of sp³-hybridized carbons (Fsp3) is 0.105. The standard InChI is InChI=1S/C19H15ClN4O2/c20-14-5-1-4-13(10-14)11-22-17(25)12-24-18-15(6-2-8-21-18)23-9-3-7-16(23)19(24)26/h1-10H,11-12H2,(H,22,25).